The second-order valence-electron chi connectivity index (χ2n) is 5.81. The number of rotatable bonds is 7. The van der Waals surface area contributed by atoms with Gasteiger partial charge in [-0.2, -0.15) is 5.10 Å². The summed E-state index contributed by atoms with van der Waals surface area (Å²) >= 11 is 0. The van der Waals surface area contributed by atoms with Gasteiger partial charge < -0.3 is 20.1 Å². The van der Waals surface area contributed by atoms with Crippen molar-refractivity contribution in [3.8, 4) is 11.5 Å². The predicted octanol–water partition coefficient (Wildman–Crippen LogP) is 0.817. The Morgan fingerprint density at radius 1 is 1.38 bits per heavy atom. The van der Waals surface area contributed by atoms with E-state index in [4.69, 9.17) is 9.47 Å². The van der Waals surface area contributed by atoms with E-state index in [0.29, 0.717) is 18.9 Å². The first-order valence-corrected chi connectivity index (χ1v) is 8.06. The molecule has 0 aliphatic carbocycles. The first-order chi connectivity index (χ1) is 11.7. The molecule has 0 saturated heterocycles. The minimum Gasteiger partial charge on any atom is -0.486 e. The quantitative estimate of drug-likeness (QED) is 0.786. The number of para-hydroxylation sites is 2. The van der Waals surface area contributed by atoms with E-state index in [-0.39, 0.29) is 24.6 Å². The fourth-order valence-electron chi connectivity index (χ4n) is 2.47. The monoisotopic (exact) mass is 330 g/mol. The Kier molecular flexibility index (Phi) is 5.32. The van der Waals surface area contributed by atoms with Gasteiger partial charge >= 0.3 is 0 Å². The van der Waals surface area contributed by atoms with Crippen LogP contribution in [0.4, 0.5) is 0 Å². The van der Waals surface area contributed by atoms with E-state index in [0.717, 1.165) is 12.3 Å². The number of fused-ring (bicyclic) bond motifs is 1. The molecule has 1 aromatic carbocycles. The number of hydrogen-bond donors (Lipinski definition) is 2. The lowest BCUT2D eigenvalue weighted by molar-refractivity contribution is -0.120. The Morgan fingerprint density at radius 2 is 2.21 bits per heavy atom. The zero-order chi connectivity index (χ0) is 16.8. The normalized spacial score (nSPS) is 17.3. The van der Waals surface area contributed by atoms with Crippen LogP contribution in [0.5, 0.6) is 11.5 Å². The zero-order valence-corrected chi connectivity index (χ0v) is 13.6. The summed E-state index contributed by atoms with van der Waals surface area (Å²) in [4.78, 5) is 11.9. The Hall–Kier alpha value is -2.54. The Labute approximate surface area is 140 Å². The summed E-state index contributed by atoms with van der Waals surface area (Å²) in [6.45, 7) is 3.84. The van der Waals surface area contributed by atoms with E-state index in [2.05, 4.69) is 15.7 Å². The highest BCUT2D eigenvalue weighted by Gasteiger charge is 2.21. The number of carbonyl (C=O) groups excluding carboxylic acids is 1. The summed E-state index contributed by atoms with van der Waals surface area (Å²) in [6, 6.07) is 9.56. The van der Waals surface area contributed by atoms with Crippen LogP contribution in [0.25, 0.3) is 0 Å². The fourth-order valence-corrected chi connectivity index (χ4v) is 2.47. The highest BCUT2D eigenvalue weighted by atomic mass is 16.6. The molecular weight excluding hydrogens is 308 g/mol. The molecule has 2 heterocycles. The van der Waals surface area contributed by atoms with Gasteiger partial charge in [-0.15, -0.1) is 0 Å². The molecule has 0 saturated carbocycles. The second-order valence-corrected chi connectivity index (χ2v) is 5.81. The summed E-state index contributed by atoms with van der Waals surface area (Å²) in [5, 5.41) is 10.2. The van der Waals surface area contributed by atoms with Crippen LogP contribution in [0.15, 0.2) is 42.7 Å². The summed E-state index contributed by atoms with van der Waals surface area (Å²) in [5.74, 6) is 1.40. The summed E-state index contributed by atoms with van der Waals surface area (Å²) in [6.07, 6.45) is 3.46. The molecule has 0 unspecified atom stereocenters. The lowest BCUT2D eigenvalue weighted by atomic mass is 10.2. The number of nitrogens with zero attached hydrogens (tertiary/aromatic N) is 2. The van der Waals surface area contributed by atoms with Crippen LogP contribution in [-0.2, 0) is 11.3 Å². The third kappa shape index (κ3) is 4.48. The van der Waals surface area contributed by atoms with Crippen LogP contribution in [0.1, 0.15) is 6.92 Å². The standard InChI is InChI=1S/C17H22N4O3/c1-13(11-21-8-4-7-20-21)18-10-17(22)19-9-14-12-23-15-5-2-3-6-16(15)24-14/h2-8,13-14,18H,9-12H2,1H3,(H,19,22)/t13-,14-/m0/s1. The highest BCUT2D eigenvalue weighted by molar-refractivity contribution is 5.78. The average molecular weight is 330 g/mol. The van der Waals surface area contributed by atoms with Gasteiger partial charge in [0.25, 0.3) is 0 Å². The number of aromatic nitrogens is 2. The maximum absolute atomic E-state index is 11.9. The van der Waals surface area contributed by atoms with E-state index in [1.54, 1.807) is 6.20 Å². The SMILES string of the molecule is C[C@@H](Cn1cccn1)NCC(=O)NC[C@H]1COc2ccccc2O1. The first-order valence-electron chi connectivity index (χ1n) is 8.06. The van der Waals surface area contributed by atoms with Gasteiger partial charge in [0.15, 0.2) is 11.5 Å². The third-order valence-corrected chi connectivity index (χ3v) is 3.73. The van der Waals surface area contributed by atoms with Gasteiger partial charge in [-0.1, -0.05) is 12.1 Å². The van der Waals surface area contributed by atoms with Crippen molar-refractivity contribution in [3.63, 3.8) is 0 Å². The Balaban J connectivity index is 1.35. The topological polar surface area (TPSA) is 77.4 Å². The van der Waals surface area contributed by atoms with Gasteiger partial charge in [0.2, 0.25) is 5.91 Å². The van der Waals surface area contributed by atoms with Crippen molar-refractivity contribution < 1.29 is 14.3 Å². The molecule has 1 aliphatic heterocycles. The number of hydrogen-bond acceptors (Lipinski definition) is 5. The first kappa shape index (κ1) is 16.3. The molecule has 2 N–H and O–H groups in total. The molecule has 2 aromatic rings. The number of amides is 1. The van der Waals surface area contributed by atoms with Crippen LogP contribution >= 0.6 is 0 Å². The maximum Gasteiger partial charge on any atom is 0.234 e. The molecule has 128 valence electrons. The van der Waals surface area contributed by atoms with Crippen LogP contribution in [-0.4, -0.2) is 47.5 Å². The molecule has 0 radical (unpaired) electrons. The lowest BCUT2D eigenvalue weighted by Crippen LogP contribution is -2.45. The maximum atomic E-state index is 11.9. The molecule has 0 fully saturated rings. The van der Waals surface area contributed by atoms with E-state index >= 15 is 0 Å². The highest BCUT2D eigenvalue weighted by Crippen LogP contribution is 2.30. The van der Waals surface area contributed by atoms with Gasteiger partial charge in [-0.05, 0) is 25.1 Å². The van der Waals surface area contributed by atoms with E-state index in [1.807, 2.05) is 48.1 Å². The minimum atomic E-state index is -0.176. The molecule has 1 aromatic heterocycles. The van der Waals surface area contributed by atoms with Crippen molar-refractivity contribution in [1.82, 2.24) is 20.4 Å². The fraction of sp³-hybridized carbons (Fsp3) is 0.412. The largest absolute Gasteiger partial charge is 0.486 e. The van der Waals surface area contributed by atoms with E-state index in [9.17, 15) is 4.79 Å². The molecule has 7 heteroatoms. The number of carbonyl (C=O) groups is 1. The summed E-state index contributed by atoms with van der Waals surface area (Å²) in [5.41, 5.74) is 0. The molecule has 0 bridgehead atoms. The Morgan fingerprint density at radius 3 is 3.00 bits per heavy atom. The van der Waals surface area contributed by atoms with Crippen LogP contribution < -0.4 is 20.1 Å². The van der Waals surface area contributed by atoms with Crippen LogP contribution in [0.3, 0.4) is 0 Å². The molecule has 2 atom stereocenters. The summed E-state index contributed by atoms with van der Waals surface area (Å²) in [7, 11) is 0. The van der Waals surface area contributed by atoms with Gasteiger partial charge in [0, 0.05) is 18.4 Å². The number of nitrogens with one attached hydrogen (secondary N) is 2. The third-order valence-electron chi connectivity index (χ3n) is 3.73. The van der Waals surface area contributed by atoms with Gasteiger partial charge in [-0.25, -0.2) is 0 Å². The molecular formula is C17H22N4O3. The van der Waals surface area contributed by atoms with E-state index < -0.39 is 0 Å². The average Bonchev–Trinajstić information content (AvgIpc) is 3.11. The van der Waals surface area contributed by atoms with Crippen LogP contribution in [0.2, 0.25) is 0 Å². The van der Waals surface area contributed by atoms with Gasteiger partial charge in [0.05, 0.1) is 19.6 Å². The lowest BCUT2D eigenvalue weighted by Gasteiger charge is -2.26. The van der Waals surface area contributed by atoms with Crippen molar-refractivity contribution >= 4 is 5.91 Å². The van der Waals surface area contributed by atoms with Crippen molar-refractivity contribution in [2.24, 2.45) is 0 Å². The van der Waals surface area contributed by atoms with Crippen molar-refractivity contribution in [2.75, 3.05) is 19.7 Å². The Bertz CT molecular complexity index is 660. The van der Waals surface area contributed by atoms with Crippen molar-refractivity contribution in [2.45, 2.75) is 25.6 Å². The molecule has 1 amide bonds. The number of benzene rings is 1. The summed E-state index contributed by atoms with van der Waals surface area (Å²) < 4.78 is 13.3. The smallest absolute Gasteiger partial charge is 0.234 e. The number of ether oxygens (including phenoxy) is 2. The van der Waals surface area contributed by atoms with Crippen molar-refractivity contribution in [3.05, 3.63) is 42.7 Å². The minimum absolute atomic E-state index is 0.0650. The molecule has 7 nitrogen and oxygen atoms in total. The molecule has 3 rings (SSSR count). The van der Waals surface area contributed by atoms with Crippen LogP contribution in [0, 0.1) is 0 Å². The van der Waals surface area contributed by atoms with E-state index in [1.165, 1.54) is 0 Å². The molecule has 0 spiro atoms. The predicted molar refractivity (Wildman–Crippen MR) is 89.1 cm³/mol. The van der Waals surface area contributed by atoms with Gasteiger partial charge in [-0.3, -0.25) is 9.48 Å². The molecule has 1 aliphatic rings. The zero-order valence-electron chi connectivity index (χ0n) is 13.6. The van der Waals surface area contributed by atoms with Crippen molar-refractivity contribution in [1.29, 1.82) is 0 Å². The molecule has 24 heavy (non-hydrogen) atoms. The van der Waals surface area contributed by atoms with Gasteiger partial charge in [0.1, 0.15) is 12.7 Å². The second kappa shape index (κ2) is 7.83.